The van der Waals surface area contributed by atoms with Gasteiger partial charge in [0, 0.05) is 86.4 Å². The van der Waals surface area contributed by atoms with Gasteiger partial charge in [-0.2, -0.15) is 0 Å². The number of benzene rings is 4. The second-order valence-corrected chi connectivity index (χ2v) is 26.2. The number of allylic oxidation sites excluding steroid dienone is 4. The maximum Gasteiger partial charge on any atom is 0.164 e. The fourth-order valence-electron chi connectivity index (χ4n) is 12.0. The van der Waals surface area contributed by atoms with Crippen LogP contribution in [0.2, 0.25) is 0 Å². The number of nitrogens with zero attached hydrogens (tertiary/aromatic N) is 2. The van der Waals surface area contributed by atoms with Gasteiger partial charge in [0.05, 0.1) is 0 Å². The number of aromatic nitrogens is 2. The van der Waals surface area contributed by atoms with Crippen molar-refractivity contribution in [1.29, 1.82) is 0 Å². The third-order valence-electron chi connectivity index (χ3n) is 17.5. The smallest absolute Gasteiger partial charge is 0.164 e. The first-order valence-electron chi connectivity index (χ1n) is 29.3. The van der Waals surface area contributed by atoms with Crippen molar-refractivity contribution in [3.05, 3.63) is 154 Å². The number of hydrogen-bond acceptors (Lipinski definition) is 6. The zero-order chi connectivity index (χ0) is 57.5. The van der Waals surface area contributed by atoms with E-state index in [1.165, 1.54) is 69.1 Å². The van der Waals surface area contributed by atoms with E-state index in [4.69, 9.17) is 0 Å². The molecule has 2 unspecified atom stereocenters. The van der Waals surface area contributed by atoms with E-state index in [1.807, 2.05) is 74.7 Å². The van der Waals surface area contributed by atoms with Gasteiger partial charge in [-0.3, -0.25) is 9.59 Å². The van der Waals surface area contributed by atoms with Gasteiger partial charge < -0.3 is 20.2 Å². The molecule has 4 aliphatic rings. The molecule has 10 rings (SSSR count). The Morgan fingerprint density at radius 2 is 0.963 bits per heavy atom. The summed E-state index contributed by atoms with van der Waals surface area (Å²) in [6, 6.07) is 33.2. The monoisotopic (exact) mass is 1440 g/mol. The number of fused-ring (bicyclic) bond motifs is 2. The van der Waals surface area contributed by atoms with Crippen LogP contribution in [0.4, 0.5) is 0 Å². The minimum absolute atomic E-state index is 0. The number of carbonyl (C=O) groups is 2. The molecular weight excluding hydrogens is 1340 g/mol. The number of aryl methyl sites for hydroxylation is 4. The fraction of sp³-hybridized carbons (Fsp3) is 0.500. The van der Waals surface area contributed by atoms with Crippen molar-refractivity contribution in [3.63, 3.8) is 0 Å². The van der Waals surface area contributed by atoms with Gasteiger partial charge in [-0.25, -0.2) is 0 Å². The van der Waals surface area contributed by atoms with Gasteiger partial charge in [-0.1, -0.05) is 154 Å². The number of pyridine rings is 2. The summed E-state index contributed by atoms with van der Waals surface area (Å²) >= 11 is 0. The molecule has 0 amide bonds. The van der Waals surface area contributed by atoms with Gasteiger partial charge in [-0.15, -0.1) is 69.8 Å². The van der Waals surface area contributed by atoms with E-state index < -0.39 is 10.8 Å². The number of ketones is 2. The Hall–Kier alpha value is -4.58. The van der Waals surface area contributed by atoms with Crippen molar-refractivity contribution in [2.24, 2.45) is 39.4 Å². The molecule has 2 heterocycles. The predicted octanol–water partition coefficient (Wildman–Crippen LogP) is 19.8. The first-order chi connectivity index (χ1) is 36.6. The molecule has 436 valence electrons. The fourth-order valence-corrected chi connectivity index (χ4v) is 12.0. The number of rotatable bonds is 12. The Bertz CT molecular complexity index is 2910. The van der Waals surface area contributed by atoms with Crippen molar-refractivity contribution in [3.8, 4) is 22.5 Å². The van der Waals surface area contributed by atoms with Gasteiger partial charge >= 0.3 is 0 Å². The summed E-state index contributed by atoms with van der Waals surface area (Å²) < 4.78 is 0. The molecule has 2 aromatic heterocycles. The topological polar surface area (TPSA) is 100 Å². The van der Waals surface area contributed by atoms with Gasteiger partial charge in [0.2, 0.25) is 0 Å². The molecule has 80 heavy (non-hydrogen) atoms. The van der Waals surface area contributed by atoms with Crippen LogP contribution in [0.3, 0.4) is 0 Å². The van der Waals surface area contributed by atoms with Gasteiger partial charge in [0.25, 0.3) is 0 Å². The maximum atomic E-state index is 12.1. The van der Waals surface area contributed by atoms with Crippen molar-refractivity contribution in [2.75, 3.05) is 0 Å². The molecule has 6 nitrogen and oxygen atoms in total. The van der Waals surface area contributed by atoms with Gasteiger partial charge in [-0.05, 0) is 150 Å². The zero-order valence-corrected chi connectivity index (χ0v) is 56.3. The Labute approximate surface area is 509 Å². The summed E-state index contributed by atoms with van der Waals surface area (Å²) in [7, 11) is 0. The average Bonchev–Trinajstić information content (AvgIpc) is 3.38. The summed E-state index contributed by atoms with van der Waals surface area (Å²) in [4.78, 5) is 33.1. The third kappa shape index (κ3) is 17.0. The van der Waals surface area contributed by atoms with Gasteiger partial charge in [0.15, 0.2) is 11.6 Å². The van der Waals surface area contributed by atoms with E-state index in [0.717, 1.165) is 96.3 Å². The van der Waals surface area contributed by atoms with Crippen LogP contribution in [0.25, 0.3) is 44.1 Å². The molecule has 0 spiro atoms. The average molecular weight is 1440 g/mol. The SMILES string of the molecule is CC(C)(C)C(=O)C=C(O)C12CC3CC(CC(C3)C1)C2.CCC(C)(CC)C(O)=CC(=O)C(C)(C)C.CCC(C)c1ccc2c(-c3[c-]c(C)cc(C)c3)nccc2c1.CCC(C)c1ccc2c(-c3[c-]c(C)cc(C)c3)nccc2c1.[Ir].[Ir]. The number of hydrogen-bond donors (Lipinski definition) is 2. The molecule has 8 heteroatoms. The van der Waals surface area contributed by atoms with Crippen molar-refractivity contribution in [1.82, 2.24) is 9.97 Å². The van der Waals surface area contributed by atoms with Gasteiger partial charge in [0.1, 0.15) is 11.5 Å². The number of aliphatic hydroxyl groups is 2. The van der Waals surface area contributed by atoms with Crippen LogP contribution in [0.15, 0.2) is 109 Å². The van der Waals surface area contributed by atoms with E-state index >= 15 is 0 Å². The van der Waals surface area contributed by atoms with E-state index in [9.17, 15) is 19.8 Å². The van der Waals surface area contributed by atoms with Crippen molar-refractivity contribution in [2.45, 2.75) is 194 Å². The number of aliphatic hydroxyl groups excluding tert-OH is 2. The zero-order valence-electron chi connectivity index (χ0n) is 51.5. The van der Waals surface area contributed by atoms with Crippen LogP contribution in [-0.2, 0) is 49.8 Å². The summed E-state index contributed by atoms with van der Waals surface area (Å²) in [6.45, 7) is 34.8. The van der Waals surface area contributed by atoms with Crippen molar-refractivity contribution >= 4 is 33.1 Å². The molecule has 0 aliphatic heterocycles. The van der Waals surface area contributed by atoms with Crippen LogP contribution in [0.1, 0.15) is 199 Å². The van der Waals surface area contributed by atoms with Crippen LogP contribution < -0.4 is 0 Å². The number of carbonyl (C=O) groups excluding carboxylic acids is 2. The molecule has 4 bridgehead atoms. The van der Waals surface area contributed by atoms with Crippen LogP contribution in [0.5, 0.6) is 0 Å². The maximum absolute atomic E-state index is 12.1. The predicted molar refractivity (Wildman–Crippen MR) is 328 cm³/mol. The minimum Gasteiger partial charge on any atom is -0.512 e. The normalized spacial score (nSPS) is 19.4. The van der Waals surface area contributed by atoms with Crippen molar-refractivity contribution < 1.29 is 60.0 Å². The largest absolute Gasteiger partial charge is 0.512 e. The summed E-state index contributed by atoms with van der Waals surface area (Å²) in [6.07, 6.45) is 18.2. The molecule has 2 radical (unpaired) electrons. The molecule has 6 aromatic rings. The van der Waals surface area contributed by atoms with E-state index in [1.54, 1.807) is 6.08 Å². The molecule has 2 atom stereocenters. The molecular formula is C72H94Ir2N2O4-2. The second-order valence-electron chi connectivity index (χ2n) is 26.2. The third-order valence-corrected chi connectivity index (χ3v) is 17.5. The Kier molecular flexibility index (Phi) is 24.3. The van der Waals surface area contributed by atoms with Crippen LogP contribution in [0, 0.1) is 79.2 Å². The molecule has 0 saturated heterocycles. The summed E-state index contributed by atoms with van der Waals surface area (Å²) in [5.41, 5.74) is 10.7. The van der Waals surface area contributed by atoms with E-state index in [2.05, 4.69) is 150 Å². The second kappa shape index (κ2) is 28.6. The van der Waals surface area contributed by atoms with E-state index in [0.29, 0.717) is 17.6 Å². The van der Waals surface area contributed by atoms with Crippen LogP contribution in [-0.4, -0.2) is 31.7 Å². The standard InChI is InChI=1S/2C21H22N.C17H26O2.C13H24O2.2Ir/c2*1-5-16(4)17-6-7-20-18(13-17)8-9-22-21(20)19-11-14(2)10-15(3)12-19;1-16(2,3)14(18)7-15(19)17-8-11-4-12(9-17)6-13(5-11)10-17;1-7-13(6,8-2)11(15)9-10(14)12(3,4)5;;/h2*6-11,13,16H,5H2,1-4H3;7,11-13,19H,4-6,8-10H2,1-3H3;9,15H,7-8H2,1-6H3;;/q2*-1;;;;. The Morgan fingerprint density at radius 3 is 1.30 bits per heavy atom. The quantitative estimate of drug-likeness (QED) is 0.0719. The molecule has 2 N–H and O–H groups in total. The minimum atomic E-state index is -0.420. The molecule has 4 saturated carbocycles. The Balaban J connectivity index is 0.000000230. The van der Waals surface area contributed by atoms with E-state index in [-0.39, 0.29) is 68.4 Å². The Morgan fingerprint density at radius 1 is 0.588 bits per heavy atom. The first-order valence-corrected chi connectivity index (χ1v) is 29.3. The summed E-state index contributed by atoms with van der Waals surface area (Å²) in [5, 5.41) is 25.5. The molecule has 4 fully saturated rings. The first kappa shape index (κ1) is 67.9. The summed E-state index contributed by atoms with van der Waals surface area (Å²) in [5.74, 6) is 4.22. The van der Waals surface area contributed by atoms with Crippen LogP contribution >= 0.6 is 0 Å². The molecule has 4 aliphatic carbocycles. The molecule has 4 aromatic carbocycles.